The molecule has 1 aromatic carbocycles. The minimum atomic E-state index is -0.104. The van der Waals surface area contributed by atoms with Crippen molar-refractivity contribution in [3.63, 3.8) is 0 Å². The lowest BCUT2D eigenvalue weighted by Gasteiger charge is -2.31. The molecule has 1 aromatic rings. The van der Waals surface area contributed by atoms with Gasteiger partial charge in [-0.15, -0.1) is 12.4 Å². The van der Waals surface area contributed by atoms with E-state index < -0.39 is 0 Å². The number of piperidine rings is 1. The standard InChI is InChI=1S/C17H25NO4.ClH/c1-20-15-4-5-16(21-2)14(11-15)12-18-8-6-13(7-9-18)10-17(19)22-3;/h4-5,11,13H,6-10,12H2,1-3H3;1H. The van der Waals surface area contributed by atoms with E-state index in [1.165, 1.54) is 7.11 Å². The SMILES string of the molecule is COC(=O)CC1CCN(Cc2cc(OC)ccc2OC)CC1.Cl. The first-order valence-corrected chi connectivity index (χ1v) is 7.66. The number of benzene rings is 1. The number of carbonyl (C=O) groups is 1. The molecule has 1 fully saturated rings. The Morgan fingerprint density at radius 2 is 1.87 bits per heavy atom. The molecule has 0 amide bonds. The fraction of sp³-hybridized carbons (Fsp3) is 0.588. The zero-order chi connectivity index (χ0) is 15.9. The van der Waals surface area contributed by atoms with Crippen LogP contribution >= 0.6 is 12.4 Å². The molecule has 2 rings (SSSR count). The lowest BCUT2D eigenvalue weighted by atomic mass is 9.93. The Balaban J connectivity index is 0.00000264. The molecular weight excluding hydrogens is 318 g/mol. The van der Waals surface area contributed by atoms with Crippen molar-refractivity contribution >= 4 is 18.4 Å². The molecule has 0 saturated carbocycles. The second-order valence-corrected chi connectivity index (χ2v) is 5.68. The molecule has 6 heteroatoms. The van der Waals surface area contributed by atoms with Crippen LogP contribution in [0.5, 0.6) is 11.5 Å². The van der Waals surface area contributed by atoms with Crippen LogP contribution in [0.1, 0.15) is 24.8 Å². The summed E-state index contributed by atoms with van der Waals surface area (Å²) in [6.07, 6.45) is 2.59. The van der Waals surface area contributed by atoms with Crippen molar-refractivity contribution in [1.29, 1.82) is 0 Å². The van der Waals surface area contributed by atoms with E-state index in [0.29, 0.717) is 12.3 Å². The zero-order valence-electron chi connectivity index (χ0n) is 14.0. The largest absolute Gasteiger partial charge is 0.497 e. The van der Waals surface area contributed by atoms with E-state index in [1.807, 2.05) is 18.2 Å². The number of carbonyl (C=O) groups excluding carboxylic acids is 1. The van der Waals surface area contributed by atoms with Crippen molar-refractivity contribution in [1.82, 2.24) is 4.90 Å². The van der Waals surface area contributed by atoms with Crippen LogP contribution in [0.3, 0.4) is 0 Å². The number of ether oxygens (including phenoxy) is 3. The highest BCUT2D eigenvalue weighted by Crippen LogP contribution is 2.28. The van der Waals surface area contributed by atoms with Crippen molar-refractivity contribution in [3.05, 3.63) is 23.8 Å². The number of hydrogen-bond acceptors (Lipinski definition) is 5. The Bertz CT molecular complexity index is 501. The molecule has 23 heavy (non-hydrogen) atoms. The van der Waals surface area contributed by atoms with Gasteiger partial charge in [-0.25, -0.2) is 0 Å². The second kappa shape index (κ2) is 9.63. The van der Waals surface area contributed by atoms with Gasteiger partial charge in [-0.1, -0.05) is 0 Å². The first kappa shape index (κ1) is 19.6. The van der Waals surface area contributed by atoms with Gasteiger partial charge in [-0.2, -0.15) is 0 Å². The van der Waals surface area contributed by atoms with E-state index in [9.17, 15) is 4.79 Å². The first-order chi connectivity index (χ1) is 10.7. The van der Waals surface area contributed by atoms with Crippen LogP contribution < -0.4 is 9.47 Å². The van der Waals surface area contributed by atoms with E-state index >= 15 is 0 Å². The van der Waals surface area contributed by atoms with Crippen LogP contribution in [0, 0.1) is 5.92 Å². The third-order valence-electron chi connectivity index (χ3n) is 4.27. The molecule has 0 bridgehead atoms. The van der Waals surface area contributed by atoms with E-state index in [-0.39, 0.29) is 18.4 Å². The summed E-state index contributed by atoms with van der Waals surface area (Å²) >= 11 is 0. The number of hydrogen-bond donors (Lipinski definition) is 0. The smallest absolute Gasteiger partial charge is 0.305 e. The molecule has 0 atom stereocenters. The fourth-order valence-corrected chi connectivity index (χ4v) is 2.91. The van der Waals surface area contributed by atoms with Crippen LogP contribution in [0.4, 0.5) is 0 Å². The fourth-order valence-electron chi connectivity index (χ4n) is 2.91. The molecule has 0 radical (unpaired) electrons. The lowest BCUT2D eigenvalue weighted by molar-refractivity contribution is -0.142. The summed E-state index contributed by atoms with van der Waals surface area (Å²) in [5.41, 5.74) is 1.13. The summed E-state index contributed by atoms with van der Waals surface area (Å²) in [5.74, 6) is 2.07. The normalized spacial score (nSPS) is 15.6. The van der Waals surface area contributed by atoms with Gasteiger partial charge < -0.3 is 14.2 Å². The molecule has 5 nitrogen and oxygen atoms in total. The summed E-state index contributed by atoms with van der Waals surface area (Å²) in [6.45, 7) is 2.81. The van der Waals surface area contributed by atoms with E-state index in [2.05, 4.69) is 4.90 Å². The number of likely N-dealkylation sites (tertiary alicyclic amines) is 1. The molecule has 1 aliphatic heterocycles. The zero-order valence-corrected chi connectivity index (χ0v) is 14.9. The third kappa shape index (κ3) is 5.59. The predicted molar refractivity (Wildman–Crippen MR) is 91.4 cm³/mol. The van der Waals surface area contributed by atoms with Gasteiger partial charge in [-0.3, -0.25) is 9.69 Å². The summed E-state index contributed by atoms with van der Waals surface area (Å²) < 4.78 is 15.5. The van der Waals surface area contributed by atoms with Gasteiger partial charge in [0.05, 0.1) is 21.3 Å². The predicted octanol–water partition coefficient (Wildman–Crippen LogP) is 2.90. The van der Waals surface area contributed by atoms with Gasteiger partial charge in [0.25, 0.3) is 0 Å². The van der Waals surface area contributed by atoms with E-state index in [0.717, 1.165) is 49.5 Å². The van der Waals surface area contributed by atoms with Gasteiger partial charge >= 0.3 is 5.97 Å². The van der Waals surface area contributed by atoms with Gasteiger partial charge in [0.15, 0.2) is 0 Å². The van der Waals surface area contributed by atoms with Crippen LogP contribution in [-0.2, 0) is 16.1 Å². The number of methoxy groups -OCH3 is 3. The van der Waals surface area contributed by atoms with E-state index in [1.54, 1.807) is 14.2 Å². The number of rotatable bonds is 6. The Hall–Kier alpha value is -1.46. The molecule has 0 aromatic heterocycles. The van der Waals surface area contributed by atoms with Crippen molar-refractivity contribution in [3.8, 4) is 11.5 Å². The molecule has 0 unspecified atom stereocenters. The Morgan fingerprint density at radius 3 is 2.43 bits per heavy atom. The minimum absolute atomic E-state index is 0. The molecule has 1 saturated heterocycles. The molecule has 0 N–H and O–H groups in total. The van der Waals surface area contributed by atoms with E-state index in [4.69, 9.17) is 14.2 Å². The minimum Gasteiger partial charge on any atom is -0.497 e. The summed E-state index contributed by atoms with van der Waals surface area (Å²) in [4.78, 5) is 13.7. The summed E-state index contributed by atoms with van der Waals surface area (Å²) in [7, 11) is 4.81. The maximum atomic E-state index is 11.3. The maximum absolute atomic E-state index is 11.3. The van der Waals surface area contributed by atoms with Crippen LogP contribution in [0.15, 0.2) is 18.2 Å². The molecule has 0 spiro atoms. The van der Waals surface area contributed by atoms with Gasteiger partial charge in [-0.05, 0) is 50.0 Å². The average molecular weight is 344 g/mol. The van der Waals surface area contributed by atoms with Gasteiger partial charge in [0.2, 0.25) is 0 Å². The highest BCUT2D eigenvalue weighted by atomic mass is 35.5. The topological polar surface area (TPSA) is 48.0 Å². The van der Waals surface area contributed by atoms with Crippen molar-refractivity contribution in [2.45, 2.75) is 25.8 Å². The Kier molecular flexibility index (Phi) is 8.20. The van der Waals surface area contributed by atoms with Crippen LogP contribution in [-0.4, -0.2) is 45.3 Å². The number of esters is 1. The number of halogens is 1. The monoisotopic (exact) mass is 343 g/mol. The summed E-state index contributed by atoms with van der Waals surface area (Å²) in [5, 5.41) is 0. The maximum Gasteiger partial charge on any atom is 0.305 e. The average Bonchev–Trinajstić information content (AvgIpc) is 2.56. The van der Waals surface area contributed by atoms with Crippen molar-refractivity contribution in [2.75, 3.05) is 34.4 Å². The first-order valence-electron chi connectivity index (χ1n) is 7.66. The molecular formula is C17H26ClNO4. The molecule has 0 aliphatic carbocycles. The molecule has 1 aliphatic rings. The summed E-state index contributed by atoms with van der Waals surface area (Å²) in [6, 6.07) is 5.88. The van der Waals surface area contributed by atoms with Crippen molar-refractivity contribution < 1.29 is 19.0 Å². The van der Waals surface area contributed by atoms with Crippen molar-refractivity contribution in [2.24, 2.45) is 5.92 Å². The third-order valence-corrected chi connectivity index (χ3v) is 4.27. The lowest BCUT2D eigenvalue weighted by Crippen LogP contribution is -2.34. The second-order valence-electron chi connectivity index (χ2n) is 5.68. The van der Waals surface area contributed by atoms with Crippen LogP contribution in [0.2, 0.25) is 0 Å². The molecule has 130 valence electrons. The van der Waals surface area contributed by atoms with Crippen LogP contribution in [0.25, 0.3) is 0 Å². The number of nitrogens with zero attached hydrogens (tertiary/aromatic N) is 1. The quantitative estimate of drug-likeness (QED) is 0.743. The molecule has 1 heterocycles. The Labute approximate surface area is 144 Å². The highest BCUT2D eigenvalue weighted by Gasteiger charge is 2.22. The highest BCUT2D eigenvalue weighted by molar-refractivity contribution is 5.85. The Morgan fingerprint density at radius 1 is 1.17 bits per heavy atom. The van der Waals surface area contributed by atoms with Gasteiger partial charge in [0.1, 0.15) is 11.5 Å². The van der Waals surface area contributed by atoms with Gasteiger partial charge in [0, 0.05) is 18.5 Å².